The van der Waals surface area contributed by atoms with E-state index in [4.69, 9.17) is 0 Å². The van der Waals surface area contributed by atoms with E-state index in [2.05, 4.69) is 64.1 Å². The summed E-state index contributed by atoms with van der Waals surface area (Å²) in [5, 5.41) is 0. The second-order valence-electron chi connectivity index (χ2n) is 5.01. The molecule has 0 saturated carbocycles. The third-order valence-electron chi connectivity index (χ3n) is 3.64. The van der Waals surface area contributed by atoms with Crippen LogP contribution in [-0.2, 0) is 6.42 Å². The van der Waals surface area contributed by atoms with Crippen molar-refractivity contribution < 1.29 is 0 Å². The summed E-state index contributed by atoms with van der Waals surface area (Å²) in [5.41, 5.74) is 5.52. The van der Waals surface area contributed by atoms with Crippen molar-refractivity contribution in [3.63, 3.8) is 0 Å². The van der Waals surface area contributed by atoms with Gasteiger partial charge in [-0.3, -0.25) is 0 Å². The lowest BCUT2D eigenvalue weighted by Gasteiger charge is -2.25. The highest BCUT2D eigenvalue weighted by Crippen LogP contribution is 2.43. The third-order valence-corrected chi connectivity index (χ3v) is 3.64. The zero-order valence-electron chi connectivity index (χ0n) is 11.4. The molecule has 1 unspecified atom stereocenters. The Morgan fingerprint density at radius 2 is 1.72 bits per heavy atom. The predicted molar refractivity (Wildman–Crippen MR) is 80.5 cm³/mol. The van der Waals surface area contributed by atoms with Gasteiger partial charge >= 0.3 is 0 Å². The van der Waals surface area contributed by atoms with Gasteiger partial charge in [-0.2, -0.15) is 0 Å². The molecule has 0 heterocycles. The van der Waals surface area contributed by atoms with Crippen LogP contribution in [0.2, 0.25) is 0 Å². The summed E-state index contributed by atoms with van der Waals surface area (Å²) >= 11 is 0. The van der Waals surface area contributed by atoms with Crippen LogP contribution in [0.1, 0.15) is 37.3 Å². The first-order valence-corrected chi connectivity index (χ1v) is 6.33. The summed E-state index contributed by atoms with van der Waals surface area (Å²) < 4.78 is 0. The Kier molecular flexibility index (Phi) is 4.98. The van der Waals surface area contributed by atoms with Crippen molar-refractivity contribution in [2.24, 2.45) is 5.92 Å². The summed E-state index contributed by atoms with van der Waals surface area (Å²) in [6.45, 7) is 12.5. The molecule has 1 aromatic carbocycles. The van der Waals surface area contributed by atoms with Crippen molar-refractivity contribution in [1.82, 2.24) is 0 Å². The van der Waals surface area contributed by atoms with Gasteiger partial charge in [-0.05, 0) is 43.7 Å². The van der Waals surface area contributed by atoms with Gasteiger partial charge in [0.15, 0.2) is 0 Å². The van der Waals surface area contributed by atoms with Gasteiger partial charge in [0.1, 0.15) is 0 Å². The maximum Gasteiger partial charge on any atom is 0.00650 e. The fourth-order valence-corrected chi connectivity index (χ4v) is 3.04. The van der Waals surface area contributed by atoms with E-state index < -0.39 is 0 Å². The highest BCUT2D eigenvalue weighted by Gasteiger charge is 2.30. The van der Waals surface area contributed by atoms with Gasteiger partial charge < -0.3 is 0 Å². The van der Waals surface area contributed by atoms with Crippen LogP contribution >= 0.6 is 0 Å². The number of hydrogen-bond donors (Lipinski definition) is 0. The Balaban J connectivity index is 0.000000771. The summed E-state index contributed by atoms with van der Waals surface area (Å²) in [6, 6.07) is 8.80. The lowest BCUT2D eigenvalue weighted by atomic mass is 9.79. The van der Waals surface area contributed by atoms with Crippen LogP contribution in [0, 0.1) is 18.8 Å². The number of rotatable bonds is 3. The molecule has 0 fully saturated rings. The van der Waals surface area contributed by atoms with Crippen LogP contribution in [0.4, 0.5) is 0 Å². The van der Waals surface area contributed by atoms with E-state index >= 15 is 0 Å². The van der Waals surface area contributed by atoms with Crippen molar-refractivity contribution in [2.45, 2.75) is 32.6 Å². The molecule has 94 valence electrons. The standard InChI is InChI=1S/C16H20.C2H2/c1-11(2)16(12(3)4)15-10-9-13-7-5-6-8-14(13)15;1-2/h5-8,15-16H,1,3,9-10H2,2,4H3;1-2H. The predicted octanol–water partition coefficient (Wildman–Crippen LogP) is 4.73. The fourth-order valence-electron chi connectivity index (χ4n) is 3.04. The Morgan fingerprint density at radius 3 is 2.28 bits per heavy atom. The maximum atomic E-state index is 4.13. The third kappa shape index (κ3) is 2.74. The van der Waals surface area contributed by atoms with Gasteiger partial charge in [0, 0.05) is 5.92 Å². The Bertz CT molecular complexity index is 448. The molecule has 0 aromatic heterocycles. The molecule has 1 atom stereocenters. The van der Waals surface area contributed by atoms with Crippen LogP contribution in [0.5, 0.6) is 0 Å². The first kappa shape index (κ1) is 14.3. The maximum absolute atomic E-state index is 4.13. The van der Waals surface area contributed by atoms with E-state index in [1.54, 1.807) is 0 Å². The van der Waals surface area contributed by atoms with Gasteiger partial charge in [-0.25, -0.2) is 0 Å². The van der Waals surface area contributed by atoms with E-state index in [1.807, 2.05) is 0 Å². The fraction of sp³-hybridized carbons (Fsp3) is 0.333. The van der Waals surface area contributed by atoms with Crippen LogP contribution in [-0.4, -0.2) is 0 Å². The zero-order valence-corrected chi connectivity index (χ0v) is 11.4. The number of hydrogen-bond acceptors (Lipinski definition) is 0. The Morgan fingerprint density at radius 1 is 1.17 bits per heavy atom. The molecule has 1 aliphatic carbocycles. The number of allylic oxidation sites excluding steroid dienone is 2. The van der Waals surface area contributed by atoms with Crippen molar-refractivity contribution in [3.05, 3.63) is 59.7 Å². The molecule has 2 rings (SSSR count). The van der Waals surface area contributed by atoms with E-state index in [0.717, 1.165) is 0 Å². The highest BCUT2D eigenvalue weighted by molar-refractivity contribution is 5.38. The number of benzene rings is 1. The van der Waals surface area contributed by atoms with Crippen LogP contribution in [0.25, 0.3) is 0 Å². The van der Waals surface area contributed by atoms with Gasteiger partial charge in [-0.1, -0.05) is 48.6 Å². The summed E-state index contributed by atoms with van der Waals surface area (Å²) in [5.74, 6) is 1.05. The lowest BCUT2D eigenvalue weighted by Crippen LogP contribution is -2.12. The molecular formula is C18H22. The Hall–Kier alpha value is -1.74. The average Bonchev–Trinajstić information content (AvgIpc) is 2.75. The van der Waals surface area contributed by atoms with Crippen molar-refractivity contribution >= 4 is 0 Å². The van der Waals surface area contributed by atoms with Crippen LogP contribution in [0.3, 0.4) is 0 Å². The number of terminal acetylenes is 1. The monoisotopic (exact) mass is 238 g/mol. The summed E-state index contributed by atoms with van der Waals surface area (Å²) in [4.78, 5) is 0. The van der Waals surface area contributed by atoms with Gasteiger partial charge in [-0.15, -0.1) is 12.8 Å². The quantitative estimate of drug-likeness (QED) is 0.527. The minimum absolute atomic E-state index is 0.448. The molecule has 0 bridgehead atoms. The molecule has 0 heteroatoms. The number of aryl methyl sites for hydroxylation is 1. The largest absolute Gasteiger partial charge is 0.124 e. The van der Waals surface area contributed by atoms with Crippen molar-refractivity contribution in [1.29, 1.82) is 0 Å². The van der Waals surface area contributed by atoms with Gasteiger partial charge in [0.2, 0.25) is 0 Å². The molecule has 0 N–H and O–H groups in total. The van der Waals surface area contributed by atoms with E-state index in [9.17, 15) is 0 Å². The van der Waals surface area contributed by atoms with Gasteiger partial charge in [0.25, 0.3) is 0 Å². The van der Waals surface area contributed by atoms with Crippen molar-refractivity contribution in [2.75, 3.05) is 0 Å². The summed E-state index contributed by atoms with van der Waals surface area (Å²) in [6.07, 6.45) is 10.4. The van der Waals surface area contributed by atoms with Crippen LogP contribution in [0.15, 0.2) is 48.6 Å². The molecule has 0 saturated heterocycles. The van der Waals surface area contributed by atoms with Crippen molar-refractivity contribution in [3.8, 4) is 12.8 Å². The molecule has 1 aliphatic rings. The Labute approximate surface area is 111 Å². The second-order valence-corrected chi connectivity index (χ2v) is 5.01. The zero-order chi connectivity index (χ0) is 13.7. The van der Waals surface area contributed by atoms with E-state index in [0.29, 0.717) is 11.8 Å². The molecule has 0 aliphatic heterocycles. The molecular weight excluding hydrogens is 216 g/mol. The first-order chi connectivity index (χ1) is 8.61. The van der Waals surface area contributed by atoms with E-state index in [-0.39, 0.29) is 0 Å². The molecule has 18 heavy (non-hydrogen) atoms. The number of fused-ring (bicyclic) bond motifs is 1. The highest BCUT2D eigenvalue weighted by atomic mass is 14.3. The topological polar surface area (TPSA) is 0 Å². The molecule has 0 spiro atoms. The van der Waals surface area contributed by atoms with Crippen LogP contribution < -0.4 is 0 Å². The first-order valence-electron chi connectivity index (χ1n) is 6.33. The summed E-state index contributed by atoms with van der Waals surface area (Å²) in [7, 11) is 0. The van der Waals surface area contributed by atoms with E-state index in [1.165, 1.54) is 35.1 Å². The minimum atomic E-state index is 0.448. The second kappa shape index (κ2) is 6.26. The molecule has 0 radical (unpaired) electrons. The molecule has 1 aromatic rings. The smallest absolute Gasteiger partial charge is 0.00650 e. The van der Waals surface area contributed by atoms with Gasteiger partial charge in [0.05, 0.1) is 0 Å². The molecule has 0 amide bonds. The average molecular weight is 238 g/mol. The minimum Gasteiger partial charge on any atom is -0.124 e. The SMILES string of the molecule is C#C.C=C(C)C(C(=C)C)C1CCc2ccccc21. The lowest BCUT2D eigenvalue weighted by molar-refractivity contribution is 0.542. The molecule has 0 nitrogen and oxygen atoms in total. The normalized spacial score (nSPS) is 16.6.